The van der Waals surface area contributed by atoms with E-state index in [1.165, 1.54) is 13.0 Å². The zero-order valence-electron chi connectivity index (χ0n) is 9.86. The first-order chi connectivity index (χ1) is 8.06. The van der Waals surface area contributed by atoms with Crippen molar-refractivity contribution in [3.8, 4) is 0 Å². The van der Waals surface area contributed by atoms with Crippen LogP contribution in [0.25, 0.3) is 0 Å². The van der Waals surface area contributed by atoms with Gasteiger partial charge in [0.25, 0.3) is 0 Å². The molecule has 1 aromatic carbocycles. The van der Waals surface area contributed by atoms with E-state index in [1.54, 1.807) is 25.1 Å². The molecule has 0 N–H and O–H groups in total. The van der Waals surface area contributed by atoms with Gasteiger partial charge in [-0.3, -0.25) is 14.4 Å². The Bertz CT molecular complexity index is 448. The molecule has 4 heteroatoms. The van der Waals surface area contributed by atoms with Gasteiger partial charge in [0.15, 0.2) is 11.6 Å². The van der Waals surface area contributed by atoms with Crippen LogP contribution in [-0.2, 0) is 9.53 Å². The molecule has 0 saturated carbocycles. The predicted octanol–water partition coefficient (Wildman–Crippen LogP) is 2.03. The predicted molar refractivity (Wildman–Crippen MR) is 62.0 cm³/mol. The summed E-state index contributed by atoms with van der Waals surface area (Å²) in [5.74, 6) is -1.16. The first-order valence-corrected chi connectivity index (χ1v) is 5.35. The van der Waals surface area contributed by atoms with Crippen LogP contribution in [0.1, 0.15) is 41.0 Å². The normalized spacial score (nSPS) is 9.76. The van der Waals surface area contributed by atoms with Gasteiger partial charge < -0.3 is 4.74 Å². The third-order valence-electron chi connectivity index (χ3n) is 2.22. The second-order valence-electron chi connectivity index (χ2n) is 3.51. The van der Waals surface area contributed by atoms with E-state index < -0.39 is 11.8 Å². The maximum absolute atomic E-state index is 11.8. The molecular formula is C13H14O4. The number of Topliss-reactive ketones (excluding diaryl/α,β-unsaturated/α-hetero) is 2. The van der Waals surface area contributed by atoms with Gasteiger partial charge in [-0.2, -0.15) is 0 Å². The van der Waals surface area contributed by atoms with Gasteiger partial charge in [-0.25, -0.2) is 0 Å². The van der Waals surface area contributed by atoms with Gasteiger partial charge in [0, 0.05) is 11.1 Å². The maximum atomic E-state index is 11.8. The van der Waals surface area contributed by atoms with Crippen molar-refractivity contribution < 1.29 is 19.1 Å². The van der Waals surface area contributed by atoms with E-state index in [9.17, 15) is 14.4 Å². The smallest absolute Gasteiger partial charge is 0.313 e. The van der Waals surface area contributed by atoms with Crippen LogP contribution in [0.5, 0.6) is 0 Å². The Morgan fingerprint density at radius 1 is 1.12 bits per heavy atom. The minimum Gasteiger partial charge on any atom is -0.466 e. The Kier molecular flexibility index (Phi) is 4.57. The fraction of sp³-hybridized carbons (Fsp3) is 0.308. The van der Waals surface area contributed by atoms with Gasteiger partial charge in [0.1, 0.15) is 6.42 Å². The van der Waals surface area contributed by atoms with Crippen LogP contribution in [0, 0.1) is 0 Å². The standard InChI is InChI=1S/C13H14O4/c1-3-17-13(16)8-12(15)11-7-5-4-6-10(11)9(2)14/h4-7H,3,8H2,1-2H3. The highest BCUT2D eigenvalue weighted by Crippen LogP contribution is 2.12. The van der Waals surface area contributed by atoms with Crippen molar-refractivity contribution in [2.45, 2.75) is 20.3 Å². The lowest BCUT2D eigenvalue weighted by Crippen LogP contribution is -2.14. The van der Waals surface area contributed by atoms with Crippen molar-refractivity contribution in [1.29, 1.82) is 0 Å². The summed E-state index contributed by atoms with van der Waals surface area (Å²) in [6.45, 7) is 3.29. The van der Waals surface area contributed by atoms with E-state index in [0.717, 1.165) is 0 Å². The average molecular weight is 234 g/mol. The minimum absolute atomic E-state index is 0.196. The number of hydrogen-bond donors (Lipinski definition) is 0. The molecule has 0 unspecified atom stereocenters. The van der Waals surface area contributed by atoms with Gasteiger partial charge in [-0.15, -0.1) is 0 Å². The van der Waals surface area contributed by atoms with Crippen LogP contribution < -0.4 is 0 Å². The molecule has 0 aliphatic carbocycles. The maximum Gasteiger partial charge on any atom is 0.313 e. The van der Waals surface area contributed by atoms with E-state index in [0.29, 0.717) is 5.56 Å². The van der Waals surface area contributed by atoms with E-state index in [1.807, 2.05) is 0 Å². The second kappa shape index (κ2) is 5.94. The van der Waals surface area contributed by atoms with Gasteiger partial charge in [-0.1, -0.05) is 24.3 Å². The molecule has 0 spiro atoms. The van der Waals surface area contributed by atoms with Crippen LogP contribution >= 0.6 is 0 Å². The van der Waals surface area contributed by atoms with E-state index in [-0.39, 0.29) is 24.4 Å². The van der Waals surface area contributed by atoms with Crippen molar-refractivity contribution in [3.05, 3.63) is 35.4 Å². The van der Waals surface area contributed by atoms with Crippen LogP contribution in [0.15, 0.2) is 24.3 Å². The Hall–Kier alpha value is -1.97. The molecule has 0 aliphatic rings. The Balaban J connectivity index is 2.89. The van der Waals surface area contributed by atoms with Crippen LogP contribution in [-0.4, -0.2) is 24.1 Å². The van der Waals surface area contributed by atoms with Crippen molar-refractivity contribution >= 4 is 17.5 Å². The number of ether oxygens (including phenoxy) is 1. The fourth-order valence-corrected chi connectivity index (χ4v) is 1.47. The van der Waals surface area contributed by atoms with Crippen molar-refractivity contribution in [1.82, 2.24) is 0 Å². The summed E-state index contributed by atoms with van der Waals surface area (Å²) in [5.41, 5.74) is 0.606. The van der Waals surface area contributed by atoms with Crippen LogP contribution in [0.4, 0.5) is 0 Å². The number of hydrogen-bond acceptors (Lipinski definition) is 4. The number of esters is 1. The minimum atomic E-state index is -0.573. The van der Waals surface area contributed by atoms with Crippen molar-refractivity contribution in [2.24, 2.45) is 0 Å². The highest BCUT2D eigenvalue weighted by molar-refractivity contribution is 6.12. The molecule has 0 saturated heterocycles. The second-order valence-corrected chi connectivity index (χ2v) is 3.51. The molecule has 0 bridgehead atoms. The Labute approximate surface area is 99.6 Å². The summed E-state index contributed by atoms with van der Waals surface area (Å²) in [6, 6.07) is 6.45. The molecule has 4 nitrogen and oxygen atoms in total. The third kappa shape index (κ3) is 3.52. The number of rotatable bonds is 5. The molecule has 0 amide bonds. The van der Waals surface area contributed by atoms with Gasteiger partial charge in [-0.05, 0) is 13.8 Å². The lowest BCUT2D eigenvalue weighted by molar-refractivity contribution is -0.141. The number of carbonyl (C=O) groups excluding carboxylic acids is 3. The van der Waals surface area contributed by atoms with E-state index in [2.05, 4.69) is 4.74 Å². The van der Waals surface area contributed by atoms with Crippen molar-refractivity contribution in [2.75, 3.05) is 6.61 Å². The summed E-state index contributed by atoms with van der Waals surface area (Å²) in [6.07, 6.45) is -0.335. The van der Waals surface area contributed by atoms with Gasteiger partial charge >= 0.3 is 5.97 Å². The topological polar surface area (TPSA) is 60.4 Å². The first kappa shape index (κ1) is 13.1. The number of ketones is 2. The summed E-state index contributed by atoms with van der Waals surface area (Å²) < 4.78 is 4.69. The number of carbonyl (C=O) groups is 3. The van der Waals surface area contributed by atoms with Crippen LogP contribution in [0.3, 0.4) is 0 Å². The van der Waals surface area contributed by atoms with Gasteiger partial charge in [0.2, 0.25) is 0 Å². The van der Waals surface area contributed by atoms with Gasteiger partial charge in [0.05, 0.1) is 6.61 Å². The molecule has 1 aromatic rings. The average Bonchev–Trinajstić information content (AvgIpc) is 2.29. The zero-order valence-corrected chi connectivity index (χ0v) is 9.86. The first-order valence-electron chi connectivity index (χ1n) is 5.35. The molecule has 0 fully saturated rings. The molecule has 0 heterocycles. The SMILES string of the molecule is CCOC(=O)CC(=O)c1ccccc1C(C)=O. The summed E-state index contributed by atoms with van der Waals surface area (Å²) >= 11 is 0. The molecular weight excluding hydrogens is 220 g/mol. The van der Waals surface area contributed by atoms with E-state index >= 15 is 0 Å². The molecule has 0 aliphatic heterocycles. The van der Waals surface area contributed by atoms with E-state index in [4.69, 9.17) is 0 Å². The summed E-state index contributed by atoms with van der Waals surface area (Å²) in [5, 5.41) is 0. The van der Waals surface area contributed by atoms with Crippen molar-refractivity contribution in [3.63, 3.8) is 0 Å². The zero-order chi connectivity index (χ0) is 12.8. The molecule has 90 valence electrons. The summed E-state index contributed by atoms with van der Waals surface area (Å²) in [7, 11) is 0. The molecule has 17 heavy (non-hydrogen) atoms. The lowest BCUT2D eigenvalue weighted by Gasteiger charge is -2.05. The lowest BCUT2D eigenvalue weighted by atomic mass is 9.99. The Morgan fingerprint density at radius 3 is 2.24 bits per heavy atom. The number of benzene rings is 1. The molecule has 0 atom stereocenters. The highest BCUT2D eigenvalue weighted by Gasteiger charge is 2.17. The fourth-order valence-electron chi connectivity index (χ4n) is 1.47. The largest absolute Gasteiger partial charge is 0.466 e. The quantitative estimate of drug-likeness (QED) is 0.444. The molecule has 0 radical (unpaired) electrons. The van der Waals surface area contributed by atoms with Crippen LogP contribution in [0.2, 0.25) is 0 Å². The molecule has 1 rings (SSSR count). The molecule has 0 aromatic heterocycles. The summed E-state index contributed by atoms with van der Waals surface area (Å²) in [4.78, 5) is 34.3. The Morgan fingerprint density at radius 2 is 1.71 bits per heavy atom. The third-order valence-corrected chi connectivity index (χ3v) is 2.22. The highest BCUT2D eigenvalue weighted by atomic mass is 16.5. The monoisotopic (exact) mass is 234 g/mol.